The number of nitrogens with one attached hydrogen (secondary N) is 1. The Bertz CT molecular complexity index is 851. The average molecular weight is 401 g/mol. The number of aryl methyl sites for hydroxylation is 1. The Morgan fingerprint density at radius 1 is 0.966 bits per heavy atom. The predicted molar refractivity (Wildman–Crippen MR) is 108 cm³/mol. The van der Waals surface area contributed by atoms with Gasteiger partial charge in [-0.05, 0) is 56.2 Å². The fraction of sp³-hybridized carbons (Fsp3) is 0.364. The van der Waals surface area contributed by atoms with Gasteiger partial charge >= 0.3 is 5.97 Å². The summed E-state index contributed by atoms with van der Waals surface area (Å²) in [7, 11) is 3.10. The second kappa shape index (κ2) is 10.4. The number of hydrogen-bond acceptors (Lipinski definition) is 6. The summed E-state index contributed by atoms with van der Waals surface area (Å²) < 4.78 is 21.2. The average Bonchev–Trinajstić information content (AvgIpc) is 2.71. The van der Waals surface area contributed by atoms with Gasteiger partial charge in [-0.2, -0.15) is 0 Å². The van der Waals surface area contributed by atoms with Crippen LogP contribution < -0.4 is 19.5 Å². The zero-order chi connectivity index (χ0) is 21.4. The highest BCUT2D eigenvalue weighted by Crippen LogP contribution is 2.27. The van der Waals surface area contributed by atoms with Crippen LogP contribution in [-0.2, 0) is 20.9 Å². The van der Waals surface area contributed by atoms with E-state index < -0.39 is 24.1 Å². The molecule has 2 atom stereocenters. The molecule has 0 saturated carbocycles. The number of carbonyl (C=O) groups excluding carboxylic acids is 2. The van der Waals surface area contributed by atoms with Crippen LogP contribution in [0.3, 0.4) is 0 Å². The molecule has 7 heteroatoms. The molecular formula is C22H27NO6. The van der Waals surface area contributed by atoms with Crippen molar-refractivity contribution < 1.29 is 28.5 Å². The van der Waals surface area contributed by atoms with Crippen LogP contribution in [0.1, 0.15) is 25.0 Å². The summed E-state index contributed by atoms with van der Waals surface area (Å²) in [6.45, 7) is 5.29. The van der Waals surface area contributed by atoms with Crippen LogP contribution in [0.25, 0.3) is 0 Å². The van der Waals surface area contributed by atoms with Gasteiger partial charge in [-0.1, -0.05) is 18.2 Å². The smallest absolute Gasteiger partial charge is 0.347 e. The van der Waals surface area contributed by atoms with Gasteiger partial charge in [0.15, 0.2) is 23.7 Å². The molecule has 0 unspecified atom stereocenters. The Hall–Kier alpha value is -3.22. The second-order valence-electron chi connectivity index (χ2n) is 6.56. The van der Waals surface area contributed by atoms with Crippen LogP contribution in [0.2, 0.25) is 0 Å². The molecule has 0 spiro atoms. The summed E-state index contributed by atoms with van der Waals surface area (Å²) >= 11 is 0. The first-order valence-corrected chi connectivity index (χ1v) is 9.26. The number of hydrogen-bond donors (Lipinski definition) is 1. The first kappa shape index (κ1) is 22.1. The van der Waals surface area contributed by atoms with E-state index in [2.05, 4.69) is 5.32 Å². The number of esters is 1. The van der Waals surface area contributed by atoms with E-state index in [1.807, 2.05) is 31.2 Å². The molecule has 0 aliphatic rings. The summed E-state index contributed by atoms with van der Waals surface area (Å²) in [6.07, 6.45) is -1.79. The quantitative estimate of drug-likeness (QED) is 0.651. The first-order chi connectivity index (χ1) is 13.8. The summed E-state index contributed by atoms with van der Waals surface area (Å²) in [6, 6.07) is 12.7. The second-order valence-corrected chi connectivity index (χ2v) is 6.56. The molecule has 0 fully saturated rings. The van der Waals surface area contributed by atoms with Crippen molar-refractivity contribution in [3.05, 3.63) is 53.6 Å². The van der Waals surface area contributed by atoms with Crippen LogP contribution in [0.4, 0.5) is 0 Å². The lowest BCUT2D eigenvalue weighted by Gasteiger charge is -2.18. The minimum atomic E-state index is -0.953. The highest BCUT2D eigenvalue weighted by atomic mass is 16.6. The highest BCUT2D eigenvalue weighted by molar-refractivity contribution is 5.84. The molecule has 0 bridgehead atoms. The van der Waals surface area contributed by atoms with Gasteiger partial charge in [-0.25, -0.2) is 4.79 Å². The molecule has 0 aliphatic carbocycles. The zero-order valence-electron chi connectivity index (χ0n) is 17.4. The number of methoxy groups -OCH3 is 2. The maximum atomic E-state index is 12.3. The van der Waals surface area contributed by atoms with E-state index in [9.17, 15) is 9.59 Å². The Morgan fingerprint density at radius 2 is 1.69 bits per heavy atom. The van der Waals surface area contributed by atoms with Gasteiger partial charge in [0, 0.05) is 6.54 Å². The van der Waals surface area contributed by atoms with E-state index in [1.165, 1.54) is 6.92 Å². The van der Waals surface area contributed by atoms with Crippen LogP contribution in [0, 0.1) is 6.92 Å². The Kier molecular flexibility index (Phi) is 7.88. The Labute approximate surface area is 170 Å². The fourth-order valence-electron chi connectivity index (χ4n) is 2.59. The molecule has 156 valence electrons. The van der Waals surface area contributed by atoms with E-state index in [0.717, 1.165) is 11.1 Å². The van der Waals surface area contributed by atoms with Crippen molar-refractivity contribution in [1.82, 2.24) is 5.32 Å². The molecule has 2 rings (SSSR count). The van der Waals surface area contributed by atoms with Gasteiger partial charge in [0.2, 0.25) is 0 Å². The fourth-order valence-corrected chi connectivity index (χ4v) is 2.59. The molecule has 1 N–H and O–H groups in total. The molecule has 0 radical (unpaired) electrons. The molecule has 0 saturated heterocycles. The number of ether oxygens (including phenoxy) is 4. The monoisotopic (exact) mass is 401 g/mol. The van der Waals surface area contributed by atoms with Crippen LogP contribution in [0.5, 0.6) is 17.2 Å². The van der Waals surface area contributed by atoms with Gasteiger partial charge in [0.05, 0.1) is 14.2 Å². The van der Waals surface area contributed by atoms with Gasteiger partial charge in [0.1, 0.15) is 5.75 Å². The van der Waals surface area contributed by atoms with Crippen molar-refractivity contribution in [3.8, 4) is 17.2 Å². The van der Waals surface area contributed by atoms with E-state index in [0.29, 0.717) is 17.2 Å². The SMILES string of the molecule is COc1ccc(CNC(=O)[C@H](C)OC(=O)[C@@H](C)Oc2cccc(C)c2)cc1OC. The summed E-state index contributed by atoms with van der Waals surface area (Å²) in [4.78, 5) is 24.5. The normalized spacial score (nSPS) is 12.4. The van der Waals surface area contributed by atoms with E-state index in [4.69, 9.17) is 18.9 Å². The van der Waals surface area contributed by atoms with Crippen molar-refractivity contribution in [2.24, 2.45) is 0 Å². The van der Waals surface area contributed by atoms with Crippen molar-refractivity contribution in [1.29, 1.82) is 0 Å². The van der Waals surface area contributed by atoms with Crippen LogP contribution in [-0.4, -0.2) is 38.3 Å². The van der Waals surface area contributed by atoms with Gasteiger partial charge < -0.3 is 24.3 Å². The molecule has 0 aromatic heterocycles. The molecule has 1 amide bonds. The standard InChI is InChI=1S/C22H27NO6/c1-14-7-6-8-18(11-14)28-16(3)22(25)29-15(2)21(24)23-13-17-9-10-19(26-4)20(12-17)27-5/h6-12,15-16H,13H2,1-5H3,(H,23,24)/t15-,16+/m0/s1. The first-order valence-electron chi connectivity index (χ1n) is 9.26. The van der Waals surface area contributed by atoms with Gasteiger partial charge in [-0.3, -0.25) is 4.79 Å². The molecule has 29 heavy (non-hydrogen) atoms. The molecule has 0 aliphatic heterocycles. The number of rotatable bonds is 9. The third kappa shape index (κ3) is 6.41. The molecule has 2 aromatic carbocycles. The number of benzene rings is 2. The minimum absolute atomic E-state index is 0.260. The van der Waals surface area contributed by atoms with E-state index in [1.54, 1.807) is 39.3 Å². The summed E-state index contributed by atoms with van der Waals surface area (Å²) in [5.41, 5.74) is 1.84. The highest BCUT2D eigenvalue weighted by Gasteiger charge is 2.23. The van der Waals surface area contributed by atoms with E-state index >= 15 is 0 Å². The van der Waals surface area contributed by atoms with Crippen molar-refractivity contribution in [2.45, 2.75) is 39.5 Å². The maximum Gasteiger partial charge on any atom is 0.347 e. The minimum Gasteiger partial charge on any atom is -0.493 e. The lowest BCUT2D eigenvalue weighted by Crippen LogP contribution is -2.38. The third-order valence-electron chi connectivity index (χ3n) is 4.21. The van der Waals surface area contributed by atoms with Crippen molar-refractivity contribution in [3.63, 3.8) is 0 Å². The van der Waals surface area contributed by atoms with Crippen LogP contribution in [0.15, 0.2) is 42.5 Å². The predicted octanol–water partition coefficient (Wildman–Crippen LogP) is 3.03. The van der Waals surface area contributed by atoms with Crippen molar-refractivity contribution in [2.75, 3.05) is 14.2 Å². The number of amides is 1. The van der Waals surface area contributed by atoms with Crippen LogP contribution >= 0.6 is 0 Å². The zero-order valence-corrected chi connectivity index (χ0v) is 17.4. The van der Waals surface area contributed by atoms with Gasteiger partial charge in [0.25, 0.3) is 5.91 Å². The Balaban J connectivity index is 1.85. The number of carbonyl (C=O) groups is 2. The topological polar surface area (TPSA) is 83.1 Å². The third-order valence-corrected chi connectivity index (χ3v) is 4.21. The molecule has 0 heterocycles. The molecular weight excluding hydrogens is 374 g/mol. The van der Waals surface area contributed by atoms with Crippen molar-refractivity contribution >= 4 is 11.9 Å². The lowest BCUT2D eigenvalue weighted by atomic mass is 10.2. The van der Waals surface area contributed by atoms with Gasteiger partial charge in [-0.15, -0.1) is 0 Å². The van der Waals surface area contributed by atoms with E-state index in [-0.39, 0.29) is 6.54 Å². The maximum absolute atomic E-state index is 12.3. The summed E-state index contributed by atoms with van der Waals surface area (Å²) in [5.74, 6) is 0.726. The molecule has 2 aromatic rings. The molecule has 7 nitrogen and oxygen atoms in total. The lowest BCUT2D eigenvalue weighted by molar-refractivity contribution is -0.160. The Morgan fingerprint density at radius 3 is 2.34 bits per heavy atom. The largest absolute Gasteiger partial charge is 0.493 e. The summed E-state index contributed by atoms with van der Waals surface area (Å²) in [5, 5.41) is 2.74.